The van der Waals surface area contributed by atoms with Crippen LogP contribution in [0.3, 0.4) is 0 Å². The first-order valence-corrected chi connectivity index (χ1v) is 13.0. The first kappa shape index (κ1) is 26.0. The summed E-state index contributed by atoms with van der Waals surface area (Å²) in [6.07, 6.45) is 8.54. The minimum absolute atomic E-state index is 0.0742. The number of anilines is 1. The Hall–Kier alpha value is -3.59. The molecule has 0 fully saturated rings. The summed E-state index contributed by atoms with van der Waals surface area (Å²) >= 11 is 0. The maximum Gasteiger partial charge on any atom is 0.266 e. The van der Waals surface area contributed by atoms with Gasteiger partial charge in [0.25, 0.3) is 15.9 Å². The highest BCUT2D eigenvalue weighted by atomic mass is 32.2. The number of sulfonamides is 1. The van der Waals surface area contributed by atoms with E-state index in [0.717, 1.165) is 18.6 Å². The summed E-state index contributed by atoms with van der Waals surface area (Å²) in [6.45, 7) is 2.00. The van der Waals surface area contributed by atoms with E-state index in [4.69, 9.17) is 9.47 Å². The summed E-state index contributed by atoms with van der Waals surface area (Å²) in [4.78, 5) is 24.8. The predicted molar refractivity (Wildman–Crippen MR) is 134 cm³/mol. The lowest BCUT2D eigenvalue weighted by molar-refractivity contribution is -0.119. The van der Waals surface area contributed by atoms with Crippen molar-refractivity contribution in [2.24, 2.45) is 0 Å². The third kappa shape index (κ3) is 7.45. The summed E-state index contributed by atoms with van der Waals surface area (Å²) in [7, 11) is -2.55. The normalized spacial score (nSPS) is 15.1. The Morgan fingerprint density at radius 2 is 1.89 bits per heavy atom. The molecule has 2 amide bonds. The Morgan fingerprint density at radius 3 is 2.60 bits per heavy atom. The number of benzene rings is 2. The number of nitrogens with one attached hydrogen (secondary N) is 2. The van der Waals surface area contributed by atoms with E-state index in [2.05, 4.69) is 10.0 Å². The van der Waals surface area contributed by atoms with Gasteiger partial charge in [-0.1, -0.05) is 38.0 Å². The topological polar surface area (TPSA) is 111 Å². The molecule has 2 N–H and O–H groups in total. The first-order valence-electron chi connectivity index (χ1n) is 11.5. The van der Waals surface area contributed by atoms with E-state index in [9.17, 15) is 18.0 Å². The van der Waals surface area contributed by atoms with E-state index in [-0.39, 0.29) is 23.1 Å². The standard InChI is InChI=1S/C26H30N2O6S/c1-3-4-5-13-25(29)28-35(31,32)24-12-7-6-11-23(24)27-26(30)19-9-8-10-22(18-19)34-21-16-14-20(33-2)15-17-21/h6-12,14-16,18,21H,3-5,13,17H2,1-2H3,(H,27,30)(H,28,29). The number of unbranched alkanes of at least 4 members (excludes halogenated alkanes) is 2. The van der Waals surface area contributed by atoms with Crippen LogP contribution in [0.25, 0.3) is 0 Å². The molecule has 35 heavy (non-hydrogen) atoms. The summed E-state index contributed by atoms with van der Waals surface area (Å²) < 4.78 is 38.8. The molecule has 0 aliphatic heterocycles. The van der Waals surface area contributed by atoms with Crippen LogP contribution >= 0.6 is 0 Å². The average molecular weight is 499 g/mol. The number of carbonyl (C=O) groups excluding carboxylic acids is 2. The van der Waals surface area contributed by atoms with Gasteiger partial charge in [-0.15, -0.1) is 0 Å². The summed E-state index contributed by atoms with van der Waals surface area (Å²) in [5.74, 6) is 0.187. The van der Waals surface area contributed by atoms with Crippen LogP contribution in [0.4, 0.5) is 5.69 Å². The van der Waals surface area contributed by atoms with Gasteiger partial charge in [-0.2, -0.15) is 0 Å². The first-order chi connectivity index (χ1) is 16.8. The van der Waals surface area contributed by atoms with Gasteiger partial charge in [0.15, 0.2) is 0 Å². The molecule has 0 saturated carbocycles. The third-order valence-electron chi connectivity index (χ3n) is 5.33. The summed E-state index contributed by atoms with van der Waals surface area (Å²) in [6, 6.07) is 12.6. The zero-order chi connectivity index (χ0) is 25.3. The number of para-hydroxylation sites is 1. The smallest absolute Gasteiger partial charge is 0.266 e. The second-order valence-electron chi connectivity index (χ2n) is 8.03. The Bertz CT molecular complexity index is 1220. The van der Waals surface area contributed by atoms with Crippen LogP contribution in [0.1, 0.15) is 49.4 Å². The number of methoxy groups -OCH3 is 1. The molecule has 0 radical (unpaired) electrons. The molecule has 0 spiro atoms. The molecule has 1 aliphatic rings. The van der Waals surface area contributed by atoms with Crippen molar-refractivity contribution in [2.75, 3.05) is 12.4 Å². The molecule has 1 atom stereocenters. The van der Waals surface area contributed by atoms with E-state index in [1.54, 1.807) is 37.4 Å². The molecule has 0 aromatic heterocycles. The van der Waals surface area contributed by atoms with Gasteiger partial charge in [0, 0.05) is 18.4 Å². The van der Waals surface area contributed by atoms with Crippen molar-refractivity contribution in [3.8, 4) is 5.75 Å². The van der Waals surface area contributed by atoms with Gasteiger partial charge in [-0.05, 0) is 55.0 Å². The number of amides is 2. The quantitative estimate of drug-likeness (QED) is 0.440. The molecule has 9 heteroatoms. The van der Waals surface area contributed by atoms with Crippen molar-refractivity contribution in [3.63, 3.8) is 0 Å². The zero-order valence-corrected chi connectivity index (χ0v) is 20.6. The number of ether oxygens (including phenoxy) is 2. The molecule has 1 unspecified atom stereocenters. The molecular weight excluding hydrogens is 468 g/mol. The van der Waals surface area contributed by atoms with E-state index >= 15 is 0 Å². The lowest BCUT2D eigenvalue weighted by Gasteiger charge is -2.18. The lowest BCUT2D eigenvalue weighted by atomic mass is 10.1. The van der Waals surface area contributed by atoms with Crippen LogP contribution in [0.2, 0.25) is 0 Å². The highest BCUT2D eigenvalue weighted by Gasteiger charge is 2.22. The van der Waals surface area contributed by atoms with Crippen LogP contribution in [-0.4, -0.2) is 33.4 Å². The van der Waals surface area contributed by atoms with E-state index in [0.29, 0.717) is 24.2 Å². The molecular formula is C26H30N2O6S. The van der Waals surface area contributed by atoms with E-state index in [1.165, 1.54) is 18.2 Å². The van der Waals surface area contributed by atoms with Crippen molar-refractivity contribution >= 4 is 27.5 Å². The maximum atomic E-state index is 12.9. The fraction of sp³-hybridized carbons (Fsp3) is 0.308. The van der Waals surface area contributed by atoms with Crippen molar-refractivity contribution in [1.29, 1.82) is 0 Å². The van der Waals surface area contributed by atoms with E-state index in [1.807, 2.05) is 25.2 Å². The number of hydrogen-bond donors (Lipinski definition) is 2. The largest absolute Gasteiger partial charge is 0.497 e. The Kier molecular flexibility index (Phi) is 9.08. The summed E-state index contributed by atoms with van der Waals surface area (Å²) in [5, 5.41) is 2.64. The molecule has 2 aromatic carbocycles. The molecule has 0 heterocycles. The monoisotopic (exact) mass is 498 g/mol. The van der Waals surface area contributed by atoms with Crippen molar-refractivity contribution < 1.29 is 27.5 Å². The van der Waals surface area contributed by atoms with Crippen molar-refractivity contribution in [1.82, 2.24) is 4.72 Å². The van der Waals surface area contributed by atoms with Gasteiger partial charge < -0.3 is 14.8 Å². The second-order valence-corrected chi connectivity index (χ2v) is 9.68. The van der Waals surface area contributed by atoms with Crippen LogP contribution in [0.15, 0.2) is 77.4 Å². The van der Waals surface area contributed by atoms with Gasteiger partial charge in [0.1, 0.15) is 22.5 Å². The Labute approximate surface area is 206 Å². The van der Waals surface area contributed by atoms with Crippen LogP contribution in [0.5, 0.6) is 5.75 Å². The SMILES string of the molecule is CCCCCC(=O)NS(=O)(=O)c1ccccc1NC(=O)c1cccc(OC2C=CC(OC)=CC2)c1. The fourth-order valence-electron chi connectivity index (χ4n) is 3.50. The average Bonchev–Trinajstić information content (AvgIpc) is 2.85. The Morgan fingerprint density at radius 1 is 1.09 bits per heavy atom. The fourth-order valence-corrected chi connectivity index (χ4v) is 4.67. The van der Waals surface area contributed by atoms with Gasteiger partial charge in [-0.3, -0.25) is 9.59 Å². The molecule has 186 valence electrons. The predicted octanol–water partition coefficient (Wildman–Crippen LogP) is 4.56. The second kappa shape index (κ2) is 12.2. The maximum absolute atomic E-state index is 12.9. The molecule has 8 nitrogen and oxygen atoms in total. The van der Waals surface area contributed by atoms with Gasteiger partial charge in [-0.25, -0.2) is 13.1 Å². The third-order valence-corrected chi connectivity index (χ3v) is 6.76. The van der Waals surface area contributed by atoms with Crippen molar-refractivity contribution in [3.05, 3.63) is 78.1 Å². The number of carbonyl (C=O) groups is 2. The van der Waals surface area contributed by atoms with E-state index < -0.39 is 21.8 Å². The lowest BCUT2D eigenvalue weighted by Crippen LogP contribution is -2.31. The molecule has 2 aromatic rings. The molecule has 0 saturated heterocycles. The number of allylic oxidation sites excluding steroid dienone is 1. The Balaban J connectivity index is 1.70. The summed E-state index contributed by atoms with van der Waals surface area (Å²) in [5.41, 5.74) is 0.372. The molecule has 0 bridgehead atoms. The van der Waals surface area contributed by atoms with Gasteiger partial charge in [0.05, 0.1) is 12.8 Å². The van der Waals surface area contributed by atoms with Crippen LogP contribution < -0.4 is 14.8 Å². The highest BCUT2D eigenvalue weighted by molar-refractivity contribution is 7.90. The van der Waals surface area contributed by atoms with Crippen LogP contribution in [-0.2, 0) is 19.6 Å². The number of rotatable bonds is 11. The molecule has 1 aliphatic carbocycles. The van der Waals surface area contributed by atoms with Crippen molar-refractivity contribution in [2.45, 2.75) is 50.0 Å². The minimum atomic E-state index is -4.15. The minimum Gasteiger partial charge on any atom is -0.497 e. The van der Waals surface area contributed by atoms with Gasteiger partial charge in [0.2, 0.25) is 5.91 Å². The van der Waals surface area contributed by atoms with Gasteiger partial charge >= 0.3 is 0 Å². The van der Waals surface area contributed by atoms with Crippen LogP contribution in [0, 0.1) is 0 Å². The number of hydrogen-bond acceptors (Lipinski definition) is 6. The molecule has 3 rings (SSSR count). The highest BCUT2D eigenvalue weighted by Crippen LogP contribution is 2.24. The zero-order valence-electron chi connectivity index (χ0n) is 19.8.